The zero-order chi connectivity index (χ0) is 14.5. The number of aliphatic carboxylic acids is 1. The van der Waals surface area contributed by atoms with Gasteiger partial charge in [-0.05, 0) is 60.1 Å². The van der Waals surface area contributed by atoms with Gasteiger partial charge in [-0.15, -0.1) is 5.10 Å². The third-order valence-electron chi connectivity index (χ3n) is 2.77. The van der Waals surface area contributed by atoms with Crippen molar-refractivity contribution in [3.63, 3.8) is 0 Å². The number of aryl methyl sites for hydroxylation is 1. The summed E-state index contributed by atoms with van der Waals surface area (Å²) in [5.74, 6) is -0.765. The number of hydrogen-bond acceptors (Lipinski definition) is 3. The highest BCUT2D eigenvalue weighted by Gasteiger charge is 2.07. The molecule has 0 aliphatic rings. The first kappa shape index (κ1) is 15.2. The molecular weight excluding hydrogens is 393 g/mol. The molecule has 0 aliphatic carbocycles. The fourth-order valence-corrected chi connectivity index (χ4v) is 2.72. The lowest BCUT2D eigenvalue weighted by Crippen LogP contribution is -1.96. The Kier molecular flexibility index (Phi) is 5.36. The lowest BCUT2D eigenvalue weighted by atomic mass is 10.1. The number of carbonyl (C=O) groups is 1. The highest BCUT2D eigenvalue weighted by Crippen LogP contribution is 2.22. The number of carboxylic acid groups (broad SMARTS) is 1. The minimum absolute atomic E-state index is 0.192. The van der Waals surface area contributed by atoms with Crippen LogP contribution in [0.25, 0.3) is 5.69 Å². The maximum Gasteiger partial charge on any atom is 0.303 e. The van der Waals surface area contributed by atoms with E-state index in [0.717, 1.165) is 27.8 Å². The van der Waals surface area contributed by atoms with E-state index in [1.807, 2.05) is 24.4 Å². The molecule has 1 aromatic heterocycles. The molecule has 5 nitrogen and oxygen atoms in total. The number of rotatable bonds is 6. The first-order valence-corrected chi connectivity index (χ1v) is 7.60. The van der Waals surface area contributed by atoms with Gasteiger partial charge in [-0.2, -0.15) is 0 Å². The zero-order valence-corrected chi connectivity index (χ0v) is 13.5. The monoisotopic (exact) mass is 405 g/mol. The number of benzene rings is 1. The van der Waals surface area contributed by atoms with Crippen LogP contribution in [0.2, 0.25) is 5.02 Å². The molecule has 0 amide bonds. The van der Waals surface area contributed by atoms with Crippen molar-refractivity contribution in [2.24, 2.45) is 0 Å². The Balaban J connectivity index is 1.99. The predicted molar refractivity (Wildman–Crippen MR) is 84.3 cm³/mol. The van der Waals surface area contributed by atoms with Crippen molar-refractivity contribution < 1.29 is 9.90 Å². The average Bonchev–Trinajstić information content (AvgIpc) is 2.83. The SMILES string of the molecule is O=C(O)CCCCc1cn(-c2ccc(I)cc2Cl)nn1. The van der Waals surface area contributed by atoms with E-state index < -0.39 is 5.97 Å². The van der Waals surface area contributed by atoms with Crippen LogP contribution in [0.1, 0.15) is 25.0 Å². The lowest BCUT2D eigenvalue weighted by molar-refractivity contribution is -0.137. The van der Waals surface area contributed by atoms with Gasteiger partial charge >= 0.3 is 5.97 Å². The number of aromatic nitrogens is 3. The summed E-state index contributed by atoms with van der Waals surface area (Å²) in [5, 5.41) is 17.3. The second kappa shape index (κ2) is 7.03. The summed E-state index contributed by atoms with van der Waals surface area (Å²) in [5.41, 5.74) is 1.63. The third kappa shape index (κ3) is 4.17. The molecule has 0 radical (unpaired) electrons. The van der Waals surface area contributed by atoms with Crippen LogP contribution in [-0.2, 0) is 11.2 Å². The summed E-state index contributed by atoms with van der Waals surface area (Å²) in [7, 11) is 0. The quantitative estimate of drug-likeness (QED) is 0.591. The summed E-state index contributed by atoms with van der Waals surface area (Å²) in [4.78, 5) is 10.4. The molecule has 0 aliphatic heterocycles. The average molecular weight is 406 g/mol. The number of unbranched alkanes of at least 4 members (excludes halogenated alkanes) is 1. The molecule has 0 atom stereocenters. The molecule has 0 unspecified atom stereocenters. The summed E-state index contributed by atoms with van der Waals surface area (Å²) in [6, 6.07) is 5.72. The van der Waals surface area contributed by atoms with Crippen molar-refractivity contribution >= 4 is 40.2 Å². The van der Waals surface area contributed by atoms with Crippen molar-refractivity contribution in [3.05, 3.63) is 38.7 Å². The van der Waals surface area contributed by atoms with Gasteiger partial charge in [0.25, 0.3) is 0 Å². The summed E-state index contributed by atoms with van der Waals surface area (Å²) < 4.78 is 2.70. The molecule has 106 valence electrons. The van der Waals surface area contributed by atoms with Crippen LogP contribution in [0, 0.1) is 3.57 Å². The van der Waals surface area contributed by atoms with E-state index in [9.17, 15) is 4.79 Å². The van der Waals surface area contributed by atoms with Crippen molar-refractivity contribution in [1.82, 2.24) is 15.0 Å². The van der Waals surface area contributed by atoms with Crippen LogP contribution in [-0.4, -0.2) is 26.1 Å². The van der Waals surface area contributed by atoms with Gasteiger partial charge in [0.2, 0.25) is 0 Å². The maximum atomic E-state index is 10.4. The normalized spacial score (nSPS) is 10.7. The van der Waals surface area contributed by atoms with Crippen LogP contribution in [0.4, 0.5) is 0 Å². The maximum absolute atomic E-state index is 10.4. The first-order chi connectivity index (χ1) is 9.56. The second-order valence-electron chi connectivity index (χ2n) is 4.35. The first-order valence-electron chi connectivity index (χ1n) is 6.14. The van der Waals surface area contributed by atoms with Crippen molar-refractivity contribution in [1.29, 1.82) is 0 Å². The van der Waals surface area contributed by atoms with E-state index >= 15 is 0 Å². The zero-order valence-electron chi connectivity index (χ0n) is 10.6. The molecule has 0 saturated heterocycles. The van der Waals surface area contributed by atoms with Gasteiger partial charge in [0.1, 0.15) is 0 Å². The van der Waals surface area contributed by atoms with E-state index in [0.29, 0.717) is 11.4 Å². The molecular formula is C13H13ClIN3O2. The largest absolute Gasteiger partial charge is 0.481 e. The Morgan fingerprint density at radius 3 is 2.90 bits per heavy atom. The summed E-state index contributed by atoms with van der Waals surface area (Å²) >= 11 is 8.37. The van der Waals surface area contributed by atoms with Crippen molar-refractivity contribution in [2.75, 3.05) is 0 Å². The molecule has 2 aromatic rings. The molecule has 1 aromatic carbocycles. The van der Waals surface area contributed by atoms with E-state index in [1.165, 1.54) is 0 Å². The predicted octanol–water partition coefficient (Wildman–Crippen LogP) is 3.32. The Hall–Kier alpha value is -1.15. The highest BCUT2D eigenvalue weighted by atomic mass is 127. The number of nitrogens with zero attached hydrogens (tertiary/aromatic N) is 3. The smallest absolute Gasteiger partial charge is 0.303 e. The molecule has 0 saturated carbocycles. The lowest BCUT2D eigenvalue weighted by Gasteiger charge is -2.03. The number of carboxylic acids is 1. The third-order valence-corrected chi connectivity index (χ3v) is 3.74. The molecule has 1 N–H and O–H groups in total. The fraction of sp³-hybridized carbons (Fsp3) is 0.308. The Labute approximate surface area is 135 Å². The van der Waals surface area contributed by atoms with Crippen LogP contribution in [0.15, 0.2) is 24.4 Å². The second-order valence-corrected chi connectivity index (χ2v) is 6.00. The minimum atomic E-state index is -0.765. The van der Waals surface area contributed by atoms with Gasteiger partial charge < -0.3 is 5.11 Å². The Morgan fingerprint density at radius 1 is 1.40 bits per heavy atom. The fourth-order valence-electron chi connectivity index (χ4n) is 1.78. The van der Waals surface area contributed by atoms with E-state index in [2.05, 4.69) is 32.9 Å². The summed E-state index contributed by atoms with van der Waals surface area (Å²) in [6.45, 7) is 0. The van der Waals surface area contributed by atoms with Gasteiger partial charge in [0, 0.05) is 9.99 Å². The number of halogens is 2. The van der Waals surface area contributed by atoms with Gasteiger partial charge in [-0.25, -0.2) is 4.68 Å². The minimum Gasteiger partial charge on any atom is -0.481 e. The standard InChI is InChI=1S/C13H13ClIN3O2/c14-11-7-9(15)5-6-12(11)18-8-10(16-17-18)3-1-2-4-13(19)20/h5-8H,1-4H2,(H,19,20). The highest BCUT2D eigenvalue weighted by molar-refractivity contribution is 14.1. The Bertz CT molecular complexity index is 615. The van der Waals surface area contributed by atoms with E-state index in [4.69, 9.17) is 16.7 Å². The Morgan fingerprint density at radius 2 is 2.20 bits per heavy atom. The van der Waals surface area contributed by atoms with Gasteiger partial charge in [0.15, 0.2) is 0 Å². The number of hydrogen-bond donors (Lipinski definition) is 1. The van der Waals surface area contributed by atoms with Crippen molar-refractivity contribution in [2.45, 2.75) is 25.7 Å². The van der Waals surface area contributed by atoms with Gasteiger partial charge in [0.05, 0.1) is 22.6 Å². The van der Waals surface area contributed by atoms with Gasteiger partial charge in [-0.1, -0.05) is 16.8 Å². The van der Waals surface area contributed by atoms with Crippen molar-refractivity contribution in [3.8, 4) is 5.69 Å². The molecule has 0 bridgehead atoms. The molecule has 20 heavy (non-hydrogen) atoms. The molecule has 0 spiro atoms. The van der Waals surface area contributed by atoms with Crippen LogP contribution < -0.4 is 0 Å². The molecule has 0 fully saturated rings. The van der Waals surface area contributed by atoms with E-state index in [1.54, 1.807) is 4.68 Å². The van der Waals surface area contributed by atoms with Crippen LogP contribution in [0.5, 0.6) is 0 Å². The topological polar surface area (TPSA) is 68.0 Å². The van der Waals surface area contributed by atoms with Crippen LogP contribution >= 0.6 is 34.2 Å². The molecule has 2 rings (SSSR count). The summed E-state index contributed by atoms with van der Waals surface area (Å²) in [6.07, 6.45) is 4.17. The molecule has 7 heteroatoms. The van der Waals surface area contributed by atoms with E-state index in [-0.39, 0.29) is 6.42 Å². The van der Waals surface area contributed by atoms with Crippen LogP contribution in [0.3, 0.4) is 0 Å². The van der Waals surface area contributed by atoms with Gasteiger partial charge in [-0.3, -0.25) is 4.79 Å². The molecule has 1 heterocycles.